The second kappa shape index (κ2) is 8.49. The predicted octanol–water partition coefficient (Wildman–Crippen LogP) is 3.39. The van der Waals surface area contributed by atoms with Crippen molar-refractivity contribution >= 4 is 17.2 Å². The highest BCUT2D eigenvalue weighted by Crippen LogP contribution is 2.51. The van der Waals surface area contributed by atoms with Gasteiger partial charge in [0, 0.05) is 59.5 Å². The molecule has 0 radical (unpaired) electrons. The van der Waals surface area contributed by atoms with Gasteiger partial charge in [0.1, 0.15) is 11.9 Å². The number of terminal acetylenes is 1. The Hall–Kier alpha value is -4.63. The first kappa shape index (κ1) is 22.8. The Kier molecular flexibility index (Phi) is 5.24. The third-order valence-electron chi connectivity index (χ3n) is 7.75. The van der Waals surface area contributed by atoms with E-state index in [1.165, 1.54) is 0 Å². The van der Waals surface area contributed by atoms with Crippen LogP contribution in [0.25, 0.3) is 27.8 Å². The van der Waals surface area contributed by atoms with Gasteiger partial charge >= 0.3 is 0 Å². The summed E-state index contributed by atoms with van der Waals surface area (Å²) < 4.78 is 3.50. The van der Waals surface area contributed by atoms with Gasteiger partial charge < -0.3 is 10.6 Å². The Balaban J connectivity index is 1.25. The minimum absolute atomic E-state index is 0.249. The Bertz CT molecular complexity index is 1590. The van der Waals surface area contributed by atoms with Crippen LogP contribution in [0.4, 0.5) is 5.82 Å². The maximum atomic E-state index is 11.7. The van der Waals surface area contributed by atoms with Crippen LogP contribution in [0.15, 0.2) is 49.2 Å². The molecule has 0 aliphatic heterocycles. The Morgan fingerprint density at radius 3 is 2.59 bits per heavy atom. The molecule has 2 unspecified atom stereocenters. The van der Waals surface area contributed by atoms with E-state index in [4.69, 9.17) is 11.4 Å². The second-order valence-corrected chi connectivity index (χ2v) is 10.4. The van der Waals surface area contributed by atoms with Crippen LogP contribution < -0.4 is 10.6 Å². The fraction of sp³-hybridized carbons (Fsp3) is 0.321. The van der Waals surface area contributed by atoms with Crippen LogP contribution in [-0.4, -0.2) is 41.9 Å². The molecule has 2 bridgehead atoms. The Morgan fingerprint density at radius 2 is 1.95 bits per heavy atom. The van der Waals surface area contributed by atoms with E-state index in [0.29, 0.717) is 23.4 Å². The molecule has 0 saturated heterocycles. The first-order valence-electron chi connectivity index (χ1n) is 12.3. The lowest BCUT2D eigenvalue weighted by Crippen LogP contribution is -2.62. The number of aryl methyl sites for hydroxylation is 1. The van der Waals surface area contributed by atoms with E-state index in [2.05, 4.69) is 45.8 Å². The van der Waals surface area contributed by atoms with Gasteiger partial charge in [-0.2, -0.15) is 15.5 Å². The molecule has 9 nitrogen and oxygen atoms in total. The number of carbonyl (C=O) groups excluding carboxylic acids is 1. The van der Waals surface area contributed by atoms with Crippen LogP contribution in [0.3, 0.4) is 0 Å². The van der Waals surface area contributed by atoms with Crippen LogP contribution in [0.5, 0.6) is 0 Å². The van der Waals surface area contributed by atoms with Crippen molar-refractivity contribution in [2.24, 2.45) is 18.9 Å². The number of nitrogens with one attached hydrogen (secondary N) is 2. The van der Waals surface area contributed by atoms with E-state index in [-0.39, 0.29) is 11.4 Å². The summed E-state index contributed by atoms with van der Waals surface area (Å²) in [4.78, 5) is 16.5. The summed E-state index contributed by atoms with van der Waals surface area (Å²) in [5.74, 6) is 3.56. The molecule has 0 aromatic carbocycles. The summed E-state index contributed by atoms with van der Waals surface area (Å²) in [6.07, 6.45) is 17.3. The number of anilines is 1. The number of nitriles is 1. The molecule has 4 heterocycles. The van der Waals surface area contributed by atoms with Crippen molar-refractivity contribution in [2.75, 3.05) is 5.32 Å². The van der Waals surface area contributed by atoms with Gasteiger partial charge in [-0.1, -0.05) is 0 Å². The van der Waals surface area contributed by atoms with Gasteiger partial charge in [0.05, 0.1) is 23.5 Å². The van der Waals surface area contributed by atoms with Crippen molar-refractivity contribution < 1.29 is 4.79 Å². The standard InChI is InChI=1S/C28H26N8O/c1-4-25(37)34-28(2)9-18-7-19(10-28)26(18)33-24-6-5-17(12-30-24)23-8-20(22-14-31-35(3)15-22)16-36-27(23)21(11-29)13-32-36/h1,5-6,8,12-16,18-19,26H,7,9-10H2,2-3H3,(H,30,33)(H,34,37). The van der Waals surface area contributed by atoms with Crippen LogP contribution in [0.2, 0.25) is 0 Å². The van der Waals surface area contributed by atoms with E-state index >= 15 is 0 Å². The largest absolute Gasteiger partial charge is 0.367 e. The van der Waals surface area contributed by atoms with Crippen molar-refractivity contribution in [3.05, 3.63) is 54.7 Å². The second-order valence-electron chi connectivity index (χ2n) is 10.4. The molecule has 7 rings (SSSR count). The lowest BCUT2D eigenvalue weighted by molar-refractivity contribution is -0.119. The molecule has 3 aliphatic rings. The van der Waals surface area contributed by atoms with Crippen LogP contribution >= 0.6 is 0 Å². The monoisotopic (exact) mass is 490 g/mol. The quantitative estimate of drug-likeness (QED) is 0.415. The highest BCUT2D eigenvalue weighted by Gasteiger charge is 2.52. The summed E-state index contributed by atoms with van der Waals surface area (Å²) in [7, 11) is 1.88. The predicted molar refractivity (Wildman–Crippen MR) is 139 cm³/mol. The van der Waals surface area contributed by atoms with Gasteiger partial charge in [-0.3, -0.25) is 9.48 Å². The summed E-state index contributed by atoms with van der Waals surface area (Å²) in [6, 6.07) is 8.65. The van der Waals surface area contributed by atoms with E-state index in [1.807, 2.05) is 44.0 Å². The summed E-state index contributed by atoms with van der Waals surface area (Å²) in [5, 5.41) is 25.0. The zero-order valence-corrected chi connectivity index (χ0v) is 20.6. The first-order valence-corrected chi connectivity index (χ1v) is 12.3. The third-order valence-corrected chi connectivity index (χ3v) is 7.75. The van der Waals surface area contributed by atoms with E-state index in [9.17, 15) is 10.1 Å². The number of aromatic nitrogens is 5. The fourth-order valence-electron chi connectivity index (χ4n) is 6.14. The highest BCUT2D eigenvalue weighted by atomic mass is 16.1. The van der Waals surface area contributed by atoms with Crippen LogP contribution in [0.1, 0.15) is 31.7 Å². The number of nitrogens with zero attached hydrogens (tertiary/aromatic N) is 6. The van der Waals surface area contributed by atoms with Crippen molar-refractivity contribution in [3.8, 4) is 40.7 Å². The molecular formula is C28H26N8O. The van der Waals surface area contributed by atoms with Crippen molar-refractivity contribution in [1.29, 1.82) is 5.26 Å². The number of pyridine rings is 2. The molecule has 2 atom stereocenters. The molecule has 3 fully saturated rings. The van der Waals surface area contributed by atoms with Crippen molar-refractivity contribution in [1.82, 2.24) is 29.7 Å². The lowest BCUT2D eigenvalue weighted by Gasteiger charge is -2.56. The summed E-state index contributed by atoms with van der Waals surface area (Å²) in [5.41, 5.74) is 4.71. The van der Waals surface area contributed by atoms with Gasteiger partial charge in [-0.15, -0.1) is 6.42 Å². The maximum Gasteiger partial charge on any atom is 0.296 e. The molecule has 4 aromatic heterocycles. The number of hydrogen-bond acceptors (Lipinski definition) is 6. The molecule has 2 N–H and O–H groups in total. The average Bonchev–Trinajstić information content (AvgIpc) is 3.52. The Labute approximate surface area is 214 Å². The van der Waals surface area contributed by atoms with Crippen LogP contribution in [-0.2, 0) is 11.8 Å². The van der Waals surface area contributed by atoms with E-state index in [0.717, 1.165) is 52.9 Å². The van der Waals surface area contributed by atoms with E-state index < -0.39 is 0 Å². The van der Waals surface area contributed by atoms with Crippen molar-refractivity contribution in [3.63, 3.8) is 0 Å². The minimum atomic E-state index is -0.343. The molecule has 184 valence electrons. The van der Waals surface area contributed by atoms with E-state index in [1.54, 1.807) is 15.4 Å². The minimum Gasteiger partial charge on any atom is -0.367 e. The zero-order chi connectivity index (χ0) is 25.7. The normalized spacial score (nSPS) is 24.1. The number of hydrogen-bond donors (Lipinski definition) is 2. The van der Waals surface area contributed by atoms with Gasteiger partial charge in [0.15, 0.2) is 0 Å². The molecule has 3 saturated carbocycles. The van der Waals surface area contributed by atoms with Gasteiger partial charge in [0.25, 0.3) is 5.91 Å². The average molecular weight is 491 g/mol. The van der Waals surface area contributed by atoms with Gasteiger partial charge in [-0.25, -0.2) is 9.50 Å². The lowest BCUT2D eigenvalue weighted by atomic mass is 9.55. The smallest absolute Gasteiger partial charge is 0.296 e. The third kappa shape index (κ3) is 3.99. The molecule has 37 heavy (non-hydrogen) atoms. The molecule has 9 heteroatoms. The first-order chi connectivity index (χ1) is 17.9. The molecule has 1 amide bonds. The SMILES string of the molecule is C#CC(=O)NC1(C)CC2CC(C1)C2Nc1ccc(-c2cc(-c3cnn(C)c3)cn3ncc(C#N)c23)cn1. The maximum absolute atomic E-state index is 11.7. The van der Waals surface area contributed by atoms with Crippen molar-refractivity contribution in [2.45, 2.75) is 37.8 Å². The Morgan fingerprint density at radius 1 is 1.14 bits per heavy atom. The number of amides is 1. The highest BCUT2D eigenvalue weighted by molar-refractivity contribution is 5.93. The zero-order valence-electron chi connectivity index (χ0n) is 20.6. The topological polar surface area (TPSA) is 113 Å². The molecule has 3 aliphatic carbocycles. The van der Waals surface area contributed by atoms with Crippen LogP contribution in [0, 0.1) is 35.5 Å². The number of fused-ring (bicyclic) bond motifs is 3. The number of carbonyl (C=O) groups is 1. The fourth-order valence-corrected chi connectivity index (χ4v) is 6.14. The molecular weight excluding hydrogens is 464 g/mol. The summed E-state index contributed by atoms with van der Waals surface area (Å²) >= 11 is 0. The molecule has 4 aromatic rings. The molecule has 0 spiro atoms. The number of rotatable bonds is 5. The van der Waals surface area contributed by atoms with Gasteiger partial charge in [-0.05, 0) is 62.1 Å². The van der Waals surface area contributed by atoms with Gasteiger partial charge in [0.2, 0.25) is 0 Å². The summed E-state index contributed by atoms with van der Waals surface area (Å²) in [6.45, 7) is 2.08.